The molecule has 0 saturated carbocycles. The van der Waals surface area contributed by atoms with Crippen LogP contribution in [0.15, 0.2) is 87.5 Å². The fraction of sp³-hybridized carbons (Fsp3) is 0.100. The average molecular weight is 306 g/mol. The van der Waals surface area contributed by atoms with E-state index in [4.69, 9.17) is 0 Å². The zero-order valence-corrected chi connectivity index (χ0v) is 13.6. The Hall–Kier alpha value is -2.19. The van der Waals surface area contributed by atoms with E-state index in [1.165, 1.54) is 20.9 Å². The molecule has 22 heavy (non-hydrogen) atoms. The maximum atomic E-state index is 12.3. The van der Waals surface area contributed by atoms with Gasteiger partial charge in [0.05, 0.1) is 10.9 Å². The molecule has 0 aliphatic carbocycles. The number of benzene rings is 3. The van der Waals surface area contributed by atoms with E-state index in [9.17, 15) is 5.11 Å². The number of aryl methyl sites for hydroxylation is 2. The molecule has 0 fully saturated rings. The van der Waals surface area contributed by atoms with Crippen LogP contribution >= 0.6 is 0 Å². The molecule has 0 aliphatic heterocycles. The highest BCUT2D eigenvalue weighted by atomic mass is 32.2. The summed E-state index contributed by atoms with van der Waals surface area (Å²) in [6.07, 6.45) is 0. The van der Waals surface area contributed by atoms with Crippen molar-refractivity contribution in [2.24, 2.45) is 0 Å². The lowest BCUT2D eigenvalue weighted by molar-refractivity contribution is -0.272. The van der Waals surface area contributed by atoms with Crippen LogP contribution in [-0.2, 0) is 10.9 Å². The lowest BCUT2D eigenvalue weighted by atomic mass is 10.2. The Morgan fingerprint density at radius 1 is 0.636 bits per heavy atom. The van der Waals surface area contributed by atoms with E-state index in [-0.39, 0.29) is 16.6 Å². The van der Waals surface area contributed by atoms with Gasteiger partial charge in [-0.3, -0.25) is 0 Å². The van der Waals surface area contributed by atoms with Gasteiger partial charge in [0, 0.05) is 0 Å². The monoisotopic (exact) mass is 306 g/mol. The summed E-state index contributed by atoms with van der Waals surface area (Å²) in [6.45, 7) is 4.16. The minimum Gasteiger partial charge on any atom is -0.869 e. The van der Waals surface area contributed by atoms with Gasteiger partial charge in [0.2, 0.25) is 0 Å². The summed E-state index contributed by atoms with van der Waals surface area (Å²) >= 11 is 0. The number of hydrogen-bond acceptors (Lipinski definition) is 1. The van der Waals surface area contributed by atoms with Gasteiger partial charge in [0.25, 0.3) is 0 Å². The first-order chi connectivity index (χ1) is 10.6. The van der Waals surface area contributed by atoms with E-state index in [1.807, 2.05) is 12.1 Å². The van der Waals surface area contributed by atoms with Crippen molar-refractivity contribution in [3.05, 3.63) is 83.9 Å². The van der Waals surface area contributed by atoms with E-state index >= 15 is 0 Å². The number of rotatable bonds is 3. The summed E-state index contributed by atoms with van der Waals surface area (Å²) in [5.74, 6) is 0.104. The van der Waals surface area contributed by atoms with Crippen molar-refractivity contribution < 1.29 is 5.11 Å². The summed E-state index contributed by atoms with van der Waals surface area (Å²) in [5.41, 5.74) is 2.46. The van der Waals surface area contributed by atoms with Crippen LogP contribution in [0.4, 0.5) is 0 Å². The topological polar surface area (TPSA) is 23.1 Å². The van der Waals surface area contributed by atoms with Gasteiger partial charge in [-0.2, -0.15) is 0 Å². The Morgan fingerprint density at radius 3 is 1.55 bits per heavy atom. The van der Waals surface area contributed by atoms with Crippen molar-refractivity contribution in [3.63, 3.8) is 0 Å². The van der Waals surface area contributed by atoms with Crippen molar-refractivity contribution in [2.75, 3.05) is 0 Å². The van der Waals surface area contributed by atoms with Gasteiger partial charge in [0.15, 0.2) is 14.7 Å². The van der Waals surface area contributed by atoms with Crippen LogP contribution in [0.1, 0.15) is 11.1 Å². The van der Waals surface area contributed by atoms with Crippen LogP contribution in [0, 0.1) is 13.8 Å². The second-order valence-corrected chi connectivity index (χ2v) is 7.37. The van der Waals surface area contributed by atoms with Crippen LogP contribution in [0.3, 0.4) is 0 Å². The largest absolute Gasteiger partial charge is 0.869 e. The van der Waals surface area contributed by atoms with Crippen LogP contribution in [0.25, 0.3) is 0 Å². The van der Waals surface area contributed by atoms with Gasteiger partial charge in [0.1, 0.15) is 0 Å². The van der Waals surface area contributed by atoms with E-state index < -0.39 is 0 Å². The Labute approximate surface area is 134 Å². The molecule has 0 N–H and O–H groups in total. The van der Waals surface area contributed by atoms with E-state index in [2.05, 4.69) is 62.4 Å². The molecule has 0 aromatic heterocycles. The third-order valence-corrected chi connectivity index (χ3v) is 5.85. The van der Waals surface area contributed by atoms with Crippen molar-refractivity contribution in [3.8, 4) is 5.75 Å². The molecule has 110 valence electrons. The average Bonchev–Trinajstić information content (AvgIpc) is 2.53. The highest BCUT2D eigenvalue weighted by Gasteiger charge is 2.28. The molecule has 3 rings (SSSR count). The van der Waals surface area contributed by atoms with Gasteiger partial charge in [-0.05, 0) is 44.2 Å². The lowest BCUT2D eigenvalue weighted by Gasteiger charge is -2.14. The van der Waals surface area contributed by atoms with Crippen LogP contribution in [-0.4, -0.2) is 0 Å². The van der Waals surface area contributed by atoms with Gasteiger partial charge in [-0.1, -0.05) is 59.3 Å². The van der Waals surface area contributed by atoms with Crippen molar-refractivity contribution in [2.45, 2.75) is 28.5 Å². The maximum absolute atomic E-state index is 12.3. The quantitative estimate of drug-likeness (QED) is 0.655. The molecule has 2 heteroatoms. The van der Waals surface area contributed by atoms with Crippen LogP contribution in [0.5, 0.6) is 5.75 Å². The Kier molecular flexibility index (Phi) is 4.21. The van der Waals surface area contributed by atoms with Crippen LogP contribution in [0.2, 0.25) is 0 Å². The molecule has 0 unspecified atom stereocenters. The molecule has 1 nitrogen and oxygen atoms in total. The molecule has 0 atom stereocenters. The SMILES string of the molecule is Cc1ccc([S+](c2ccc(C)cc2)c2ccccc2[O-])cc1. The third kappa shape index (κ3) is 3.02. The molecule has 0 aliphatic rings. The van der Waals surface area contributed by atoms with Gasteiger partial charge in [-0.25, -0.2) is 0 Å². The summed E-state index contributed by atoms with van der Waals surface area (Å²) in [4.78, 5) is 3.21. The summed E-state index contributed by atoms with van der Waals surface area (Å²) in [5, 5.41) is 12.3. The van der Waals surface area contributed by atoms with Crippen molar-refractivity contribution in [1.82, 2.24) is 0 Å². The molecule has 0 spiro atoms. The van der Waals surface area contributed by atoms with Crippen LogP contribution < -0.4 is 5.11 Å². The fourth-order valence-electron chi connectivity index (χ4n) is 2.36. The first-order valence-electron chi connectivity index (χ1n) is 7.29. The zero-order chi connectivity index (χ0) is 15.5. The highest BCUT2D eigenvalue weighted by molar-refractivity contribution is 7.97. The predicted molar refractivity (Wildman–Crippen MR) is 90.4 cm³/mol. The van der Waals surface area contributed by atoms with E-state index in [0.717, 1.165) is 4.90 Å². The molecular formula is C20H18OS. The standard InChI is InChI=1S/C20H18OS/c1-15-7-11-17(12-8-15)22(18-13-9-16(2)10-14-18)20-6-4-3-5-19(20)21/h3-14H,1-2H3. The number of hydrogen-bond donors (Lipinski definition) is 0. The Bertz CT molecular complexity index is 715. The first-order valence-corrected chi connectivity index (χ1v) is 8.51. The molecule has 0 heterocycles. The van der Waals surface area contributed by atoms with E-state index in [1.54, 1.807) is 12.1 Å². The first kappa shape index (κ1) is 14.7. The summed E-state index contributed by atoms with van der Waals surface area (Å²) in [7, 11) is -0.355. The smallest absolute Gasteiger partial charge is 0.166 e. The minimum absolute atomic E-state index is 0.104. The molecule has 0 amide bonds. The molecule has 3 aromatic carbocycles. The minimum atomic E-state index is -0.355. The second kappa shape index (κ2) is 6.29. The normalized spacial score (nSPS) is 10.9. The van der Waals surface area contributed by atoms with Crippen molar-refractivity contribution >= 4 is 10.9 Å². The van der Waals surface area contributed by atoms with Gasteiger partial charge in [-0.15, -0.1) is 0 Å². The molecule has 0 saturated heterocycles. The lowest BCUT2D eigenvalue weighted by Crippen LogP contribution is -2.08. The maximum Gasteiger partial charge on any atom is 0.166 e. The molecule has 3 aromatic rings. The van der Waals surface area contributed by atoms with E-state index in [0.29, 0.717) is 0 Å². The zero-order valence-electron chi connectivity index (χ0n) is 12.7. The second-order valence-electron chi connectivity index (χ2n) is 5.38. The summed E-state index contributed by atoms with van der Waals surface area (Å²) in [6, 6.07) is 24.3. The predicted octanol–water partition coefficient (Wildman–Crippen LogP) is 4.47. The Balaban J connectivity index is 2.16. The van der Waals surface area contributed by atoms with Gasteiger partial charge < -0.3 is 5.11 Å². The summed E-state index contributed by atoms with van der Waals surface area (Å²) < 4.78 is 0. The fourth-order valence-corrected chi connectivity index (χ4v) is 4.44. The van der Waals surface area contributed by atoms with Crippen molar-refractivity contribution in [1.29, 1.82) is 0 Å². The van der Waals surface area contributed by atoms with Gasteiger partial charge >= 0.3 is 0 Å². The Morgan fingerprint density at radius 2 is 1.09 bits per heavy atom. The molecule has 0 bridgehead atoms. The number of para-hydroxylation sites is 1. The molecular weight excluding hydrogens is 288 g/mol. The molecule has 0 radical (unpaired) electrons. The highest BCUT2D eigenvalue weighted by Crippen LogP contribution is 2.35. The third-order valence-electron chi connectivity index (χ3n) is 3.58.